The zero-order valence-corrected chi connectivity index (χ0v) is 17.7. The Morgan fingerprint density at radius 3 is 2.84 bits per heavy atom. The number of hydrogen-bond acceptors (Lipinski definition) is 4. The van der Waals surface area contributed by atoms with Gasteiger partial charge in [0, 0.05) is 37.7 Å². The number of carbonyl (C=O) groups excluding carboxylic acids is 1. The molecule has 31 heavy (non-hydrogen) atoms. The molecule has 1 saturated carbocycles. The van der Waals surface area contributed by atoms with Gasteiger partial charge in [-0.2, -0.15) is 5.10 Å². The van der Waals surface area contributed by atoms with E-state index in [2.05, 4.69) is 15.3 Å². The number of piperidine rings is 1. The molecule has 2 heterocycles. The van der Waals surface area contributed by atoms with E-state index in [9.17, 15) is 13.6 Å². The minimum Gasteiger partial charge on any atom is -0.383 e. The van der Waals surface area contributed by atoms with Crippen LogP contribution in [0.5, 0.6) is 0 Å². The van der Waals surface area contributed by atoms with Gasteiger partial charge < -0.3 is 15.0 Å². The highest BCUT2D eigenvalue weighted by atomic mass is 19.1. The molecule has 3 aliphatic rings. The Morgan fingerprint density at radius 2 is 2.10 bits per heavy atom. The molecular formula is C23H28F2N4O2. The highest BCUT2D eigenvalue weighted by molar-refractivity contribution is 5.94. The number of hydrogen-bond donors (Lipinski definition) is 1. The Bertz CT molecular complexity index is 984. The molecule has 2 aliphatic carbocycles. The lowest BCUT2D eigenvalue weighted by Gasteiger charge is -2.31. The van der Waals surface area contributed by atoms with Crippen LogP contribution in [-0.2, 0) is 11.2 Å². The van der Waals surface area contributed by atoms with Gasteiger partial charge in [0.1, 0.15) is 11.5 Å². The predicted molar refractivity (Wildman–Crippen MR) is 111 cm³/mol. The quantitative estimate of drug-likeness (QED) is 0.734. The second-order valence-corrected chi connectivity index (χ2v) is 9.01. The second-order valence-electron chi connectivity index (χ2n) is 9.01. The maximum Gasteiger partial charge on any atom is 0.272 e. The van der Waals surface area contributed by atoms with Crippen molar-refractivity contribution in [1.29, 1.82) is 0 Å². The molecule has 2 aromatic rings. The summed E-state index contributed by atoms with van der Waals surface area (Å²) in [5, 5.41) is 7.56. The maximum absolute atomic E-state index is 14.4. The molecule has 5 rings (SSSR count). The topological polar surface area (TPSA) is 59.4 Å². The Balaban J connectivity index is 1.28. The van der Waals surface area contributed by atoms with E-state index in [-0.39, 0.29) is 11.6 Å². The number of amides is 1. The molecule has 1 saturated heterocycles. The Kier molecular flexibility index (Phi) is 5.52. The summed E-state index contributed by atoms with van der Waals surface area (Å²) in [6, 6.07) is 3.48. The summed E-state index contributed by atoms with van der Waals surface area (Å²) in [6.07, 6.45) is 3.94. The van der Waals surface area contributed by atoms with Gasteiger partial charge in [-0.15, -0.1) is 0 Å². The minimum absolute atomic E-state index is 0.194. The van der Waals surface area contributed by atoms with E-state index in [1.165, 1.54) is 16.8 Å². The monoisotopic (exact) mass is 430 g/mol. The van der Waals surface area contributed by atoms with Crippen LogP contribution in [0.15, 0.2) is 18.2 Å². The number of benzene rings is 1. The lowest BCUT2D eigenvalue weighted by Crippen LogP contribution is -2.40. The SMILES string of the molecule is COCCN1CCC(CNC(=O)c2nn(-c3ccc(F)cc3F)c3c2C[C@H]2C[C@@H]32)CC1. The number of methoxy groups -OCH3 is 1. The van der Waals surface area contributed by atoms with Crippen LogP contribution in [0.4, 0.5) is 8.78 Å². The van der Waals surface area contributed by atoms with Gasteiger partial charge in [-0.1, -0.05) is 0 Å². The van der Waals surface area contributed by atoms with Gasteiger partial charge in [0.2, 0.25) is 0 Å². The van der Waals surface area contributed by atoms with Gasteiger partial charge >= 0.3 is 0 Å². The molecule has 1 amide bonds. The van der Waals surface area contributed by atoms with Crippen LogP contribution < -0.4 is 5.32 Å². The molecule has 1 N–H and O–H groups in total. The van der Waals surface area contributed by atoms with Crippen LogP contribution in [0, 0.1) is 23.5 Å². The van der Waals surface area contributed by atoms with Crippen LogP contribution >= 0.6 is 0 Å². The minimum atomic E-state index is -0.665. The van der Waals surface area contributed by atoms with Crippen molar-refractivity contribution >= 4 is 5.91 Å². The average molecular weight is 430 g/mol. The van der Waals surface area contributed by atoms with Crippen LogP contribution in [0.25, 0.3) is 5.69 Å². The van der Waals surface area contributed by atoms with E-state index in [0.29, 0.717) is 30.0 Å². The number of carbonyl (C=O) groups is 1. The van der Waals surface area contributed by atoms with Gasteiger partial charge in [-0.25, -0.2) is 13.5 Å². The number of nitrogens with one attached hydrogen (secondary N) is 1. The lowest BCUT2D eigenvalue weighted by molar-refractivity contribution is 0.0920. The van der Waals surface area contributed by atoms with Gasteiger partial charge in [0.05, 0.1) is 12.3 Å². The predicted octanol–water partition coefficient (Wildman–Crippen LogP) is 2.90. The smallest absolute Gasteiger partial charge is 0.272 e. The Hall–Kier alpha value is -2.32. The fourth-order valence-corrected chi connectivity index (χ4v) is 5.09. The molecule has 0 unspecified atom stereocenters. The fraction of sp³-hybridized carbons (Fsp3) is 0.565. The summed E-state index contributed by atoms with van der Waals surface area (Å²) in [7, 11) is 1.72. The Morgan fingerprint density at radius 1 is 1.29 bits per heavy atom. The number of aromatic nitrogens is 2. The van der Waals surface area contributed by atoms with E-state index in [0.717, 1.165) is 69.2 Å². The summed E-state index contributed by atoms with van der Waals surface area (Å²) < 4.78 is 34.5. The van der Waals surface area contributed by atoms with Crippen LogP contribution in [0.2, 0.25) is 0 Å². The zero-order chi connectivity index (χ0) is 21.5. The highest BCUT2D eigenvalue weighted by Crippen LogP contribution is 2.57. The summed E-state index contributed by atoms with van der Waals surface area (Å²) in [5.41, 5.74) is 2.44. The first-order valence-corrected chi connectivity index (χ1v) is 11.1. The third-order valence-corrected chi connectivity index (χ3v) is 6.99. The molecule has 0 spiro atoms. The van der Waals surface area contributed by atoms with Crippen molar-refractivity contribution in [1.82, 2.24) is 20.0 Å². The van der Waals surface area contributed by atoms with Crippen molar-refractivity contribution < 1.29 is 18.3 Å². The van der Waals surface area contributed by atoms with Crippen LogP contribution in [0.3, 0.4) is 0 Å². The molecule has 0 bridgehead atoms. The van der Waals surface area contributed by atoms with Crippen LogP contribution in [0.1, 0.15) is 46.9 Å². The molecule has 1 aromatic heterocycles. The molecule has 0 radical (unpaired) electrons. The van der Waals surface area contributed by atoms with Crippen molar-refractivity contribution in [2.24, 2.45) is 11.8 Å². The first kappa shape index (κ1) is 20.6. The van der Waals surface area contributed by atoms with Gasteiger partial charge in [0.15, 0.2) is 11.5 Å². The molecule has 8 heteroatoms. The van der Waals surface area contributed by atoms with Gasteiger partial charge in [0.25, 0.3) is 5.91 Å². The molecule has 6 nitrogen and oxygen atoms in total. The van der Waals surface area contributed by atoms with E-state index in [4.69, 9.17) is 4.74 Å². The number of halogens is 2. The second kappa shape index (κ2) is 8.31. The third kappa shape index (κ3) is 3.99. The van der Waals surface area contributed by atoms with Crippen molar-refractivity contribution in [2.75, 3.05) is 39.9 Å². The number of rotatable bonds is 7. The molecular weight excluding hydrogens is 402 g/mol. The van der Waals surface area contributed by atoms with Crippen molar-refractivity contribution in [2.45, 2.75) is 31.6 Å². The molecule has 166 valence electrons. The molecule has 1 aromatic carbocycles. The van der Waals surface area contributed by atoms with E-state index in [1.54, 1.807) is 7.11 Å². The van der Waals surface area contributed by atoms with E-state index in [1.807, 2.05) is 0 Å². The first-order valence-electron chi connectivity index (χ1n) is 11.1. The number of nitrogens with zero attached hydrogens (tertiary/aromatic N) is 3. The third-order valence-electron chi connectivity index (χ3n) is 6.99. The highest BCUT2D eigenvalue weighted by Gasteiger charge is 2.50. The van der Waals surface area contributed by atoms with E-state index < -0.39 is 11.6 Å². The number of ether oxygens (including phenoxy) is 1. The van der Waals surface area contributed by atoms with Crippen molar-refractivity contribution in [3.8, 4) is 5.69 Å². The van der Waals surface area contributed by atoms with Crippen LogP contribution in [-0.4, -0.2) is 60.5 Å². The van der Waals surface area contributed by atoms with E-state index >= 15 is 0 Å². The zero-order valence-electron chi connectivity index (χ0n) is 17.7. The Labute approximate surface area is 180 Å². The summed E-state index contributed by atoms with van der Waals surface area (Å²) in [4.78, 5) is 15.4. The van der Waals surface area contributed by atoms with Gasteiger partial charge in [-0.05, 0) is 62.7 Å². The normalized spacial score (nSPS) is 22.9. The largest absolute Gasteiger partial charge is 0.383 e. The standard InChI is InChI=1S/C23H28F2N4O2/c1-31-9-8-28-6-4-14(5-7-28)13-26-23(30)21-18-11-15-10-17(15)22(18)29(27-21)20-3-2-16(24)12-19(20)25/h2-3,12,14-15,17H,4-11,13H2,1H3,(H,26,30)/t15-,17-/m1/s1. The first-order chi connectivity index (χ1) is 15.0. The van der Waals surface area contributed by atoms with Crippen molar-refractivity contribution in [3.63, 3.8) is 0 Å². The van der Waals surface area contributed by atoms with Crippen molar-refractivity contribution in [3.05, 3.63) is 46.8 Å². The fourth-order valence-electron chi connectivity index (χ4n) is 5.09. The average Bonchev–Trinajstić information content (AvgIpc) is 3.27. The molecule has 2 fully saturated rings. The maximum atomic E-state index is 14.4. The summed E-state index contributed by atoms with van der Waals surface area (Å²) >= 11 is 0. The summed E-state index contributed by atoms with van der Waals surface area (Å²) in [5.74, 6) is -0.195. The summed E-state index contributed by atoms with van der Waals surface area (Å²) in [6.45, 7) is 4.34. The number of likely N-dealkylation sites (tertiary alicyclic amines) is 1. The molecule has 1 aliphatic heterocycles. The lowest BCUT2D eigenvalue weighted by atomic mass is 9.96. The van der Waals surface area contributed by atoms with Gasteiger partial charge in [-0.3, -0.25) is 4.79 Å². The number of fused-ring (bicyclic) bond motifs is 3. The molecule has 2 atom stereocenters.